The summed E-state index contributed by atoms with van der Waals surface area (Å²) in [6.45, 7) is 4.54. The van der Waals surface area contributed by atoms with Crippen LogP contribution in [0.5, 0.6) is 5.75 Å². The molecule has 0 amide bonds. The second kappa shape index (κ2) is 7.17. The van der Waals surface area contributed by atoms with Crippen LogP contribution in [0.2, 0.25) is 10.0 Å². The molecule has 0 radical (unpaired) electrons. The van der Waals surface area contributed by atoms with Gasteiger partial charge in [0.05, 0.1) is 16.7 Å². The first kappa shape index (κ1) is 16.2. The van der Waals surface area contributed by atoms with Gasteiger partial charge in [-0.15, -0.1) is 0 Å². The molecule has 2 aromatic carbocycles. The molecule has 1 atom stereocenters. The first-order valence-electron chi connectivity index (χ1n) is 7.04. The SMILES string of the molecule is CCOc1cc(Cl)c(-c2ccc(C(N)CC)cc2)cc1Cl. The lowest BCUT2D eigenvalue weighted by Crippen LogP contribution is -2.08. The fourth-order valence-corrected chi connectivity index (χ4v) is 2.64. The molecule has 0 aliphatic rings. The monoisotopic (exact) mass is 323 g/mol. The van der Waals surface area contributed by atoms with Crippen molar-refractivity contribution in [3.05, 3.63) is 52.0 Å². The maximum atomic E-state index is 6.34. The van der Waals surface area contributed by atoms with Gasteiger partial charge in [0, 0.05) is 17.7 Å². The maximum absolute atomic E-state index is 6.34. The number of rotatable bonds is 5. The molecular weight excluding hydrogens is 305 g/mol. The maximum Gasteiger partial charge on any atom is 0.139 e. The lowest BCUT2D eigenvalue weighted by atomic mass is 10.00. The molecular formula is C17H19Cl2NO. The van der Waals surface area contributed by atoms with Crippen LogP contribution in [-0.2, 0) is 0 Å². The molecule has 112 valence electrons. The van der Waals surface area contributed by atoms with E-state index in [-0.39, 0.29) is 6.04 Å². The molecule has 2 nitrogen and oxygen atoms in total. The number of hydrogen-bond donors (Lipinski definition) is 1. The van der Waals surface area contributed by atoms with Crippen LogP contribution < -0.4 is 10.5 Å². The third kappa shape index (κ3) is 3.70. The Bertz CT molecular complexity index is 611. The smallest absolute Gasteiger partial charge is 0.139 e. The van der Waals surface area contributed by atoms with Gasteiger partial charge in [0.25, 0.3) is 0 Å². The quantitative estimate of drug-likeness (QED) is 0.791. The highest BCUT2D eigenvalue weighted by atomic mass is 35.5. The van der Waals surface area contributed by atoms with Crippen molar-refractivity contribution in [2.24, 2.45) is 5.73 Å². The van der Waals surface area contributed by atoms with Gasteiger partial charge < -0.3 is 10.5 Å². The molecule has 0 aromatic heterocycles. The average Bonchev–Trinajstić information content (AvgIpc) is 2.50. The first-order valence-corrected chi connectivity index (χ1v) is 7.80. The Balaban J connectivity index is 2.35. The molecule has 4 heteroatoms. The minimum atomic E-state index is 0.0680. The Morgan fingerprint density at radius 3 is 2.29 bits per heavy atom. The van der Waals surface area contributed by atoms with Crippen molar-refractivity contribution in [3.8, 4) is 16.9 Å². The largest absolute Gasteiger partial charge is 0.492 e. The normalized spacial score (nSPS) is 12.2. The predicted octanol–water partition coefficient (Wildman–Crippen LogP) is 5.47. The van der Waals surface area contributed by atoms with E-state index in [1.165, 1.54) is 0 Å². The second-order valence-electron chi connectivity index (χ2n) is 4.83. The summed E-state index contributed by atoms with van der Waals surface area (Å²) < 4.78 is 5.44. The molecule has 0 saturated heterocycles. The Kier molecular flexibility index (Phi) is 5.51. The molecule has 2 N–H and O–H groups in total. The minimum absolute atomic E-state index is 0.0680. The van der Waals surface area contributed by atoms with E-state index in [1.807, 2.05) is 37.3 Å². The van der Waals surface area contributed by atoms with Gasteiger partial charge in [-0.1, -0.05) is 54.4 Å². The van der Waals surface area contributed by atoms with Crippen molar-refractivity contribution in [2.45, 2.75) is 26.3 Å². The van der Waals surface area contributed by atoms with E-state index >= 15 is 0 Å². The Hall–Kier alpha value is -1.22. The van der Waals surface area contributed by atoms with E-state index in [1.54, 1.807) is 6.07 Å². The van der Waals surface area contributed by atoms with Gasteiger partial charge in [0.15, 0.2) is 0 Å². The molecule has 0 spiro atoms. The van der Waals surface area contributed by atoms with Crippen LogP contribution in [-0.4, -0.2) is 6.61 Å². The lowest BCUT2D eigenvalue weighted by molar-refractivity contribution is 0.340. The molecule has 0 bridgehead atoms. The van der Waals surface area contributed by atoms with Crippen molar-refractivity contribution in [1.29, 1.82) is 0 Å². The Morgan fingerprint density at radius 2 is 1.71 bits per heavy atom. The molecule has 0 aliphatic heterocycles. The van der Waals surface area contributed by atoms with Crippen LogP contribution in [0.4, 0.5) is 0 Å². The summed E-state index contributed by atoms with van der Waals surface area (Å²) in [5.74, 6) is 0.609. The van der Waals surface area contributed by atoms with Gasteiger partial charge >= 0.3 is 0 Å². The van der Waals surface area contributed by atoms with Gasteiger partial charge in [-0.25, -0.2) is 0 Å². The zero-order valence-corrected chi connectivity index (χ0v) is 13.7. The topological polar surface area (TPSA) is 35.2 Å². The zero-order valence-electron chi connectivity index (χ0n) is 12.2. The van der Waals surface area contributed by atoms with Crippen LogP contribution in [0.1, 0.15) is 31.9 Å². The van der Waals surface area contributed by atoms with Crippen LogP contribution >= 0.6 is 23.2 Å². The fourth-order valence-electron chi connectivity index (χ4n) is 2.16. The third-order valence-corrected chi connectivity index (χ3v) is 4.02. The number of halogens is 2. The van der Waals surface area contributed by atoms with E-state index in [2.05, 4.69) is 6.92 Å². The summed E-state index contributed by atoms with van der Waals surface area (Å²) in [6, 6.07) is 11.8. The van der Waals surface area contributed by atoms with Crippen molar-refractivity contribution >= 4 is 23.2 Å². The summed E-state index contributed by atoms with van der Waals surface area (Å²) in [5.41, 5.74) is 9.05. The third-order valence-electron chi connectivity index (χ3n) is 3.41. The molecule has 2 aromatic rings. The van der Waals surface area contributed by atoms with Crippen LogP contribution in [0.25, 0.3) is 11.1 Å². The molecule has 0 saturated carbocycles. The second-order valence-corrected chi connectivity index (χ2v) is 5.65. The minimum Gasteiger partial charge on any atom is -0.492 e. The summed E-state index contributed by atoms with van der Waals surface area (Å²) in [5, 5.41) is 1.18. The van der Waals surface area contributed by atoms with E-state index in [4.69, 9.17) is 33.7 Å². The number of benzene rings is 2. The van der Waals surface area contributed by atoms with Gasteiger partial charge in [-0.05, 0) is 30.5 Å². The molecule has 0 aliphatic carbocycles. The molecule has 21 heavy (non-hydrogen) atoms. The number of hydrogen-bond acceptors (Lipinski definition) is 2. The van der Waals surface area contributed by atoms with Crippen LogP contribution in [0.3, 0.4) is 0 Å². The van der Waals surface area contributed by atoms with Gasteiger partial charge in [-0.3, -0.25) is 0 Å². The van der Waals surface area contributed by atoms with Crippen molar-refractivity contribution in [3.63, 3.8) is 0 Å². The Labute approximate surface area is 135 Å². The molecule has 2 rings (SSSR count). The Morgan fingerprint density at radius 1 is 1.05 bits per heavy atom. The summed E-state index contributed by atoms with van der Waals surface area (Å²) in [6.07, 6.45) is 0.912. The van der Waals surface area contributed by atoms with Crippen molar-refractivity contribution in [1.82, 2.24) is 0 Å². The first-order chi connectivity index (χ1) is 10.1. The van der Waals surface area contributed by atoms with E-state index in [0.717, 1.165) is 23.1 Å². The van der Waals surface area contributed by atoms with Gasteiger partial charge in [0.2, 0.25) is 0 Å². The zero-order chi connectivity index (χ0) is 15.4. The van der Waals surface area contributed by atoms with E-state index in [9.17, 15) is 0 Å². The predicted molar refractivity (Wildman–Crippen MR) is 90.3 cm³/mol. The highest BCUT2D eigenvalue weighted by molar-refractivity contribution is 6.36. The molecule has 1 unspecified atom stereocenters. The average molecular weight is 324 g/mol. The van der Waals surface area contributed by atoms with Gasteiger partial charge in [-0.2, -0.15) is 0 Å². The number of nitrogens with two attached hydrogens (primary N) is 1. The highest BCUT2D eigenvalue weighted by Gasteiger charge is 2.11. The number of ether oxygens (including phenoxy) is 1. The summed E-state index contributed by atoms with van der Waals surface area (Å²) in [7, 11) is 0. The van der Waals surface area contributed by atoms with Crippen LogP contribution in [0, 0.1) is 0 Å². The summed E-state index contributed by atoms with van der Waals surface area (Å²) >= 11 is 12.6. The van der Waals surface area contributed by atoms with E-state index < -0.39 is 0 Å². The van der Waals surface area contributed by atoms with Crippen molar-refractivity contribution < 1.29 is 4.74 Å². The molecule has 0 fully saturated rings. The van der Waals surface area contributed by atoms with Gasteiger partial charge in [0.1, 0.15) is 5.75 Å². The highest BCUT2D eigenvalue weighted by Crippen LogP contribution is 2.37. The molecule has 0 heterocycles. The van der Waals surface area contributed by atoms with Crippen LogP contribution in [0.15, 0.2) is 36.4 Å². The summed E-state index contributed by atoms with van der Waals surface area (Å²) in [4.78, 5) is 0. The van der Waals surface area contributed by atoms with Crippen molar-refractivity contribution in [2.75, 3.05) is 6.61 Å². The lowest BCUT2D eigenvalue weighted by Gasteiger charge is -2.12. The standard InChI is InChI=1S/C17H19Cl2NO/c1-3-16(20)12-7-5-11(6-8-12)13-9-15(19)17(21-4-2)10-14(13)18/h5-10,16H,3-4,20H2,1-2H3. The fraction of sp³-hybridized carbons (Fsp3) is 0.294. The van der Waals surface area contributed by atoms with E-state index in [0.29, 0.717) is 22.4 Å².